The van der Waals surface area contributed by atoms with Crippen molar-refractivity contribution in [3.63, 3.8) is 0 Å². The summed E-state index contributed by atoms with van der Waals surface area (Å²) in [5.74, 6) is 0.839. The van der Waals surface area contributed by atoms with Crippen LogP contribution in [0, 0.1) is 5.41 Å². The summed E-state index contributed by atoms with van der Waals surface area (Å²) >= 11 is 13.2. The van der Waals surface area contributed by atoms with Gasteiger partial charge in [0.25, 0.3) is 8.32 Å². The largest absolute Gasteiger partial charge is 0.497 e. The quantitative estimate of drug-likeness (QED) is 0.0532. The molecule has 0 unspecified atom stereocenters. The number of halogens is 2. The SMILES string of the molecule is C=CC[C@]1(CCOCc2ccc(OC)cc2)C[C@H](c2cccc(Cl)c2)[C@@H](c2ccc(Cl)cc2)N([C@@H](C)CCO[Si](c2ccccc2)(c2ccccc2)C(C)(C)C)C1=O. The second kappa shape index (κ2) is 19.3. The average molecular weight is 835 g/mol. The Kier molecular flexibility index (Phi) is 14.4. The molecule has 58 heavy (non-hydrogen) atoms. The molecule has 0 aliphatic carbocycles. The molecule has 0 spiro atoms. The monoisotopic (exact) mass is 833 g/mol. The molecule has 304 valence electrons. The van der Waals surface area contributed by atoms with Crippen LogP contribution >= 0.6 is 23.2 Å². The van der Waals surface area contributed by atoms with E-state index in [2.05, 4.69) is 124 Å². The van der Waals surface area contributed by atoms with Crippen molar-refractivity contribution >= 4 is 47.8 Å². The number of ether oxygens (including phenoxy) is 2. The van der Waals surface area contributed by atoms with Crippen molar-refractivity contribution in [1.82, 2.24) is 4.90 Å². The summed E-state index contributed by atoms with van der Waals surface area (Å²) in [5.41, 5.74) is 2.41. The van der Waals surface area contributed by atoms with Crippen molar-refractivity contribution in [1.29, 1.82) is 0 Å². The van der Waals surface area contributed by atoms with Gasteiger partial charge in [0.2, 0.25) is 5.91 Å². The third kappa shape index (κ3) is 9.48. The lowest BCUT2D eigenvalue weighted by atomic mass is 9.64. The maximum Gasteiger partial charge on any atom is 0.261 e. The molecule has 1 heterocycles. The summed E-state index contributed by atoms with van der Waals surface area (Å²) in [4.78, 5) is 17.7. The molecule has 5 aromatic carbocycles. The van der Waals surface area contributed by atoms with Crippen LogP contribution in [0.4, 0.5) is 0 Å². The number of hydrogen-bond donors (Lipinski definition) is 0. The minimum absolute atomic E-state index is 0.0702. The Labute approximate surface area is 357 Å². The molecule has 1 saturated heterocycles. The number of methoxy groups -OCH3 is 1. The van der Waals surface area contributed by atoms with Crippen molar-refractivity contribution < 1.29 is 18.7 Å². The molecule has 0 bridgehead atoms. The Morgan fingerprint density at radius 1 is 0.828 bits per heavy atom. The van der Waals surface area contributed by atoms with Crippen LogP contribution in [-0.2, 0) is 20.6 Å². The van der Waals surface area contributed by atoms with Crippen molar-refractivity contribution in [2.75, 3.05) is 20.3 Å². The molecule has 1 amide bonds. The number of hydrogen-bond acceptors (Lipinski definition) is 4. The van der Waals surface area contributed by atoms with Gasteiger partial charge in [-0.1, -0.05) is 147 Å². The van der Waals surface area contributed by atoms with E-state index in [1.54, 1.807) is 7.11 Å². The normalized spacial score (nSPS) is 19.2. The van der Waals surface area contributed by atoms with Crippen LogP contribution in [0.2, 0.25) is 15.1 Å². The van der Waals surface area contributed by atoms with E-state index in [-0.39, 0.29) is 28.9 Å². The van der Waals surface area contributed by atoms with E-state index in [4.69, 9.17) is 37.1 Å². The number of carbonyl (C=O) groups is 1. The highest BCUT2D eigenvalue weighted by atomic mass is 35.5. The van der Waals surface area contributed by atoms with E-state index < -0.39 is 13.7 Å². The van der Waals surface area contributed by atoms with Gasteiger partial charge >= 0.3 is 0 Å². The third-order valence-corrected chi connectivity index (χ3v) is 17.4. The molecule has 1 aliphatic rings. The Bertz CT molecular complexity index is 2050. The van der Waals surface area contributed by atoms with Crippen LogP contribution in [-0.4, -0.2) is 45.5 Å². The lowest BCUT2D eigenvalue weighted by Crippen LogP contribution is -2.66. The van der Waals surface area contributed by atoms with Crippen LogP contribution in [0.15, 0.2) is 146 Å². The molecule has 1 aliphatic heterocycles. The molecule has 8 heteroatoms. The van der Waals surface area contributed by atoms with Crippen molar-refractivity contribution in [2.45, 2.75) is 83.0 Å². The predicted molar refractivity (Wildman–Crippen MR) is 242 cm³/mol. The second-order valence-corrected chi connectivity index (χ2v) is 21.8. The molecule has 4 atom stereocenters. The topological polar surface area (TPSA) is 48.0 Å². The van der Waals surface area contributed by atoms with E-state index in [0.29, 0.717) is 55.5 Å². The highest BCUT2D eigenvalue weighted by Gasteiger charge is 2.53. The Morgan fingerprint density at radius 3 is 2.03 bits per heavy atom. The van der Waals surface area contributed by atoms with E-state index in [1.165, 1.54) is 10.4 Å². The summed E-state index contributed by atoms with van der Waals surface area (Å²) in [6.07, 6.45) is 4.21. The van der Waals surface area contributed by atoms with Gasteiger partial charge in [-0.3, -0.25) is 4.79 Å². The van der Waals surface area contributed by atoms with Gasteiger partial charge in [-0.05, 0) is 101 Å². The molecule has 0 N–H and O–H groups in total. The molecular weight excluding hydrogens is 778 g/mol. The number of carbonyl (C=O) groups excluding carboxylic acids is 1. The molecule has 0 aromatic heterocycles. The van der Waals surface area contributed by atoms with Gasteiger partial charge in [-0.25, -0.2) is 0 Å². The van der Waals surface area contributed by atoms with E-state index in [9.17, 15) is 0 Å². The van der Waals surface area contributed by atoms with Gasteiger partial charge < -0.3 is 18.8 Å². The summed E-state index contributed by atoms with van der Waals surface area (Å²) in [6.45, 7) is 14.6. The number of benzene rings is 5. The first-order valence-electron chi connectivity index (χ1n) is 20.3. The molecular formula is C50H57Cl2NO4Si. The van der Waals surface area contributed by atoms with Gasteiger partial charge in [0.1, 0.15) is 5.75 Å². The van der Waals surface area contributed by atoms with Gasteiger partial charge in [0.15, 0.2) is 0 Å². The smallest absolute Gasteiger partial charge is 0.261 e. The summed E-state index contributed by atoms with van der Waals surface area (Å²) in [6, 6.07) is 44.9. The fourth-order valence-corrected chi connectivity index (χ4v) is 13.9. The molecule has 5 nitrogen and oxygen atoms in total. The standard InChI is InChI=1S/C50H57Cl2NO4Si/c1-7-30-50(31-33-56-36-38-21-27-43(55-6)28-22-38)35-46(40-15-14-16-42(52)34-40)47(39-23-25-41(51)26-24-39)53(48(50)54)37(2)29-32-57-58(49(3,4)5,44-17-10-8-11-18-44)45-19-12-9-13-20-45/h7-28,34,37,46-47H,1,29-33,35-36H2,2-6H3/t37-,46+,47+,50-/m0/s1. The van der Waals surface area contributed by atoms with Crippen molar-refractivity contribution in [3.8, 4) is 5.75 Å². The number of likely N-dealkylation sites (tertiary alicyclic amines) is 1. The van der Waals surface area contributed by atoms with E-state index in [0.717, 1.165) is 22.4 Å². The molecule has 0 radical (unpaired) electrons. The van der Waals surface area contributed by atoms with Crippen molar-refractivity contribution in [3.05, 3.63) is 173 Å². The summed E-state index contributed by atoms with van der Waals surface area (Å²) in [5, 5.41) is 3.61. The van der Waals surface area contributed by atoms with E-state index >= 15 is 4.79 Å². The molecule has 6 rings (SSSR count). The fourth-order valence-electron chi connectivity index (χ4n) is 9.00. The lowest BCUT2D eigenvalue weighted by Gasteiger charge is -2.53. The Morgan fingerprint density at radius 2 is 1.47 bits per heavy atom. The van der Waals surface area contributed by atoms with Gasteiger partial charge in [0, 0.05) is 35.2 Å². The first-order valence-corrected chi connectivity index (χ1v) is 23.0. The number of piperidine rings is 1. The zero-order chi connectivity index (χ0) is 41.3. The van der Waals surface area contributed by atoms with Crippen molar-refractivity contribution in [2.24, 2.45) is 5.41 Å². The molecule has 1 fully saturated rings. The van der Waals surface area contributed by atoms with Crippen LogP contribution < -0.4 is 15.1 Å². The maximum absolute atomic E-state index is 15.6. The first-order chi connectivity index (χ1) is 27.9. The lowest BCUT2D eigenvalue weighted by molar-refractivity contribution is -0.157. The number of nitrogens with zero attached hydrogens (tertiary/aromatic N) is 1. The Balaban J connectivity index is 1.37. The van der Waals surface area contributed by atoms with Crippen LogP contribution in [0.25, 0.3) is 0 Å². The first kappa shape index (κ1) is 43.4. The summed E-state index contributed by atoms with van der Waals surface area (Å²) in [7, 11) is -1.15. The highest BCUT2D eigenvalue weighted by molar-refractivity contribution is 6.99. The molecule has 5 aromatic rings. The zero-order valence-electron chi connectivity index (χ0n) is 34.5. The second-order valence-electron chi connectivity index (χ2n) is 16.6. The minimum atomic E-state index is -2.81. The Hall–Kier alpha value is -4.17. The number of amides is 1. The third-order valence-electron chi connectivity index (χ3n) is 11.9. The van der Waals surface area contributed by atoms with Crippen LogP contribution in [0.3, 0.4) is 0 Å². The molecule has 0 saturated carbocycles. The predicted octanol–water partition coefficient (Wildman–Crippen LogP) is 11.6. The number of allylic oxidation sites excluding steroid dienone is 1. The van der Waals surface area contributed by atoms with Gasteiger partial charge in [-0.15, -0.1) is 6.58 Å². The van der Waals surface area contributed by atoms with Gasteiger partial charge in [0.05, 0.1) is 25.2 Å². The average Bonchev–Trinajstić information content (AvgIpc) is 3.22. The number of rotatable bonds is 17. The van der Waals surface area contributed by atoms with E-state index in [1.807, 2.05) is 54.6 Å². The van der Waals surface area contributed by atoms with Crippen LogP contribution in [0.1, 0.15) is 82.0 Å². The minimum Gasteiger partial charge on any atom is -0.497 e. The summed E-state index contributed by atoms with van der Waals surface area (Å²) < 4.78 is 19.1. The highest BCUT2D eigenvalue weighted by Crippen LogP contribution is 2.54. The zero-order valence-corrected chi connectivity index (χ0v) is 37.0. The fraction of sp³-hybridized carbons (Fsp3) is 0.340. The maximum atomic E-state index is 15.6. The van der Waals surface area contributed by atoms with Gasteiger partial charge in [-0.2, -0.15) is 0 Å². The van der Waals surface area contributed by atoms with Crippen LogP contribution in [0.5, 0.6) is 5.75 Å².